The second-order valence-corrected chi connectivity index (χ2v) is 13.0. The number of nitrogens with zero attached hydrogens (tertiary/aromatic N) is 3. The number of carbonyl (C=O) groups is 4. The van der Waals surface area contributed by atoms with Crippen LogP contribution in [0.5, 0.6) is 0 Å². The Hall–Kier alpha value is -3.15. The summed E-state index contributed by atoms with van der Waals surface area (Å²) < 4.78 is 4.17. The highest BCUT2D eigenvalue weighted by molar-refractivity contribution is 14.1. The van der Waals surface area contributed by atoms with Crippen LogP contribution in [0.4, 0.5) is 4.79 Å². The highest BCUT2D eigenvalue weighted by atomic mass is 127. The van der Waals surface area contributed by atoms with E-state index in [9.17, 15) is 24.3 Å². The summed E-state index contributed by atoms with van der Waals surface area (Å²) in [6.45, 7) is 4.77. The standard InChI is InChI=1S/C31H38IN3O6/c1-20(2)27(28(38)34(4)31(32,18-26(36)37)29(39)35-16-10-5-11-17-35)33(3)30(40)41-19-25-23-14-8-6-12-21(23)22-13-7-9-15-24(22)25/h6-9,12-15,20,25,27H,5,10-11,16-19H2,1-4H3,(H,36,37)/t27-,31-/m0/s1. The molecule has 2 atom stereocenters. The Kier molecular flexibility index (Phi) is 9.61. The topological polar surface area (TPSA) is 107 Å². The maximum absolute atomic E-state index is 13.9. The van der Waals surface area contributed by atoms with Gasteiger partial charge in [0.1, 0.15) is 12.6 Å². The summed E-state index contributed by atoms with van der Waals surface area (Å²) in [4.78, 5) is 56.9. The van der Waals surface area contributed by atoms with Gasteiger partial charge >= 0.3 is 12.1 Å². The van der Waals surface area contributed by atoms with Gasteiger partial charge < -0.3 is 19.6 Å². The van der Waals surface area contributed by atoms with Crippen molar-refractivity contribution in [1.29, 1.82) is 0 Å². The Morgan fingerprint density at radius 2 is 1.51 bits per heavy atom. The van der Waals surface area contributed by atoms with Gasteiger partial charge in [0, 0.05) is 33.1 Å². The molecule has 41 heavy (non-hydrogen) atoms. The van der Waals surface area contributed by atoms with Crippen molar-refractivity contribution in [3.63, 3.8) is 0 Å². The molecular formula is C31H38IN3O6. The van der Waals surface area contributed by atoms with E-state index in [0.717, 1.165) is 41.5 Å². The van der Waals surface area contributed by atoms with Gasteiger partial charge in [0.15, 0.2) is 3.55 Å². The number of halogens is 1. The summed E-state index contributed by atoms with van der Waals surface area (Å²) in [6, 6.07) is 15.1. The third kappa shape index (κ3) is 6.22. The maximum atomic E-state index is 13.9. The van der Waals surface area contributed by atoms with E-state index in [1.165, 1.54) is 23.9 Å². The zero-order valence-electron chi connectivity index (χ0n) is 24.0. The molecule has 1 N–H and O–H groups in total. The smallest absolute Gasteiger partial charge is 0.410 e. The predicted molar refractivity (Wildman–Crippen MR) is 164 cm³/mol. The van der Waals surface area contributed by atoms with Gasteiger partial charge in [-0.3, -0.25) is 19.3 Å². The number of likely N-dealkylation sites (tertiary alicyclic amines) is 1. The van der Waals surface area contributed by atoms with Crippen LogP contribution >= 0.6 is 22.6 Å². The fraction of sp³-hybridized carbons (Fsp3) is 0.484. The number of ether oxygens (including phenoxy) is 1. The molecule has 1 heterocycles. The summed E-state index contributed by atoms with van der Waals surface area (Å²) in [5.74, 6) is -2.56. The van der Waals surface area contributed by atoms with Gasteiger partial charge in [-0.2, -0.15) is 0 Å². The summed E-state index contributed by atoms with van der Waals surface area (Å²) >= 11 is 1.80. The lowest BCUT2D eigenvalue weighted by atomic mass is 9.98. The molecule has 2 aromatic rings. The van der Waals surface area contributed by atoms with Crippen molar-refractivity contribution in [3.05, 3.63) is 59.7 Å². The van der Waals surface area contributed by atoms with Gasteiger partial charge in [0.05, 0.1) is 6.42 Å². The van der Waals surface area contributed by atoms with Crippen molar-refractivity contribution in [2.45, 2.75) is 55.0 Å². The molecule has 4 rings (SSSR count). The monoisotopic (exact) mass is 675 g/mol. The van der Waals surface area contributed by atoms with Crippen molar-refractivity contribution >= 4 is 46.5 Å². The minimum absolute atomic E-state index is 0.106. The van der Waals surface area contributed by atoms with Crippen LogP contribution in [0.1, 0.15) is 56.6 Å². The normalized spacial score (nSPS) is 16.8. The van der Waals surface area contributed by atoms with Gasteiger partial charge in [0.2, 0.25) is 5.91 Å². The van der Waals surface area contributed by atoms with E-state index in [-0.39, 0.29) is 18.4 Å². The molecule has 0 unspecified atom stereocenters. The summed E-state index contributed by atoms with van der Waals surface area (Å²) in [7, 11) is 2.95. The van der Waals surface area contributed by atoms with Crippen LogP contribution in [-0.4, -0.2) is 87.1 Å². The molecule has 2 aromatic carbocycles. The van der Waals surface area contributed by atoms with E-state index in [1.54, 1.807) is 27.5 Å². The number of carbonyl (C=O) groups excluding carboxylic acids is 3. The van der Waals surface area contributed by atoms with Crippen LogP contribution in [0.2, 0.25) is 0 Å². The second-order valence-electron chi connectivity index (χ2n) is 11.2. The van der Waals surface area contributed by atoms with E-state index in [1.807, 2.05) is 50.2 Å². The third-order valence-electron chi connectivity index (χ3n) is 8.14. The van der Waals surface area contributed by atoms with Crippen LogP contribution in [0.25, 0.3) is 11.1 Å². The molecule has 2 aliphatic rings. The highest BCUT2D eigenvalue weighted by Gasteiger charge is 2.49. The van der Waals surface area contributed by atoms with Crippen LogP contribution < -0.4 is 0 Å². The summed E-state index contributed by atoms with van der Waals surface area (Å²) in [6.07, 6.45) is 1.47. The molecule has 0 bridgehead atoms. The Labute approximate surface area is 255 Å². The van der Waals surface area contributed by atoms with Crippen LogP contribution in [-0.2, 0) is 19.1 Å². The molecule has 0 saturated carbocycles. The Bertz CT molecular complexity index is 1260. The molecular weight excluding hydrogens is 637 g/mol. The molecule has 10 heteroatoms. The number of alkyl halides is 1. The molecule has 1 fully saturated rings. The van der Waals surface area contributed by atoms with Gasteiger partial charge in [-0.1, -0.05) is 62.4 Å². The largest absolute Gasteiger partial charge is 0.481 e. The Balaban J connectivity index is 1.52. The second kappa shape index (κ2) is 12.8. The van der Waals surface area contributed by atoms with E-state index in [4.69, 9.17) is 4.74 Å². The number of fused-ring (bicyclic) bond motifs is 3. The molecule has 1 aliphatic carbocycles. The zero-order chi connectivity index (χ0) is 29.9. The maximum Gasteiger partial charge on any atom is 0.410 e. The van der Waals surface area contributed by atoms with Crippen molar-refractivity contribution in [2.75, 3.05) is 33.8 Å². The number of rotatable bonds is 9. The van der Waals surface area contributed by atoms with Crippen LogP contribution in [0.15, 0.2) is 48.5 Å². The quantitative estimate of drug-likeness (QED) is 0.229. The Morgan fingerprint density at radius 3 is 2.02 bits per heavy atom. The minimum atomic E-state index is -1.63. The van der Waals surface area contributed by atoms with E-state index in [0.29, 0.717) is 13.1 Å². The van der Waals surface area contributed by atoms with E-state index in [2.05, 4.69) is 12.1 Å². The molecule has 0 radical (unpaired) electrons. The number of aliphatic carboxylic acids is 1. The molecule has 3 amide bonds. The molecule has 0 aromatic heterocycles. The number of piperidine rings is 1. The molecule has 1 saturated heterocycles. The lowest BCUT2D eigenvalue weighted by Crippen LogP contribution is -2.62. The zero-order valence-corrected chi connectivity index (χ0v) is 26.2. The first-order valence-electron chi connectivity index (χ1n) is 14.0. The van der Waals surface area contributed by atoms with E-state index >= 15 is 0 Å². The number of hydrogen-bond donors (Lipinski definition) is 1. The van der Waals surface area contributed by atoms with Gasteiger partial charge in [0.25, 0.3) is 5.91 Å². The van der Waals surface area contributed by atoms with Crippen molar-refractivity contribution < 1.29 is 29.0 Å². The van der Waals surface area contributed by atoms with Gasteiger partial charge in [-0.15, -0.1) is 0 Å². The van der Waals surface area contributed by atoms with Crippen molar-refractivity contribution in [2.24, 2.45) is 5.92 Å². The Morgan fingerprint density at radius 1 is 0.976 bits per heavy atom. The van der Waals surface area contributed by atoms with Crippen molar-refractivity contribution in [3.8, 4) is 11.1 Å². The number of carboxylic acids is 1. The first-order chi connectivity index (χ1) is 19.5. The average Bonchev–Trinajstić information content (AvgIpc) is 3.28. The van der Waals surface area contributed by atoms with E-state index < -0.39 is 39.9 Å². The molecule has 9 nitrogen and oxygen atoms in total. The SMILES string of the molecule is CC(C)[C@@H](C(=O)N(C)[C@@](I)(CC(=O)O)C(=O)N1CCCCC1)N(C)C(=O)OCC1c2ccccc2-c2ccccc21. The number of hydrogen-bond acceptors (Lipinski definition) is 5. The lowest BCUT2D eigenvalue weighted by Gasteiger charge is -2.42. The first-order valence-corrected chi connectivity index (χ1v) is 15.1. The number of benzene rings is 2. The number of likely N-dealkylation sites (N-methyl/N-ethyl adjacent to an activating group) is 2. The van der Waals surface area contributed by atoms with Crippen molar-refractivity contribution in [1.82, 2.24) is 14.7 Å². The van der Waals surface area contributed by atoms with Crippen LogP contribution in [0, 0.1) is 5.92 Å². The summed E-state index contributed by atoms with van der Waals surface area (Å²) in [5.41, 5.74) is 4.40. The fourth-order valence-corrected chi connectivity index (χ4v) is 6.86. The molecule has 1 aliphatic heterocycles. The number of amides is 3. The fourth-order valence-electron chi connectivity index (χ4n) is 5.96. The predicted octanol–water partition coefficient (Wildman–Crippen LogP) is 4.97. The molecule has 220 valence electrons. The minimum Gasteiger partial charge on any atom is -0.481 e. The first kappa shape index (κ1) is 30.8. The highest BCUT2D eigenvalue weighted by Crippen LogP contribution is 2.44. The third-order valence-corrected chi connectivity index (χ3v) is 9.71. The van der Waals surface area contributed by atoms with Crippen LogP contribution in [0.3, 0.4) is 0 Å². The lowest BCUT2D eigenvalue weighted by molar-refractivity contribution is -0.153. The summed E-state index contributed by atoms with van der Waals surface area (Å²) in [5, 5.41) is 9.69. The van der Waals surface area contributed by atoms with Gasteiger partial charge in [-0.05, 0) is 70.0 Å². The molecule has 0 spiro atoms. The van der Waals surface area contributed by atoms with Gasteiger partial charge in [-0.25, -0.2) is 4.79 Å². The average molecular weight is 676 g/mol. The number of carboxylic acid groups (broad SMARTS) is 1.